The Balaban J connectivity index is 2.79. The van der Waals surface area contributed by atoms with Gasteiger partial charge in [-0.2, -0.15) is 0 Å². The predicted octanol–water partition coefficient (Wildman–Crippen LogP) is 4.45. The topological polar surface area (TPSA) is 26.3 Å². The molecule has 0 fully saturated rings. The Labute approximate surface area is 120 Å². The van der Waals surface area contributed by atoms with Crippen LogP contribution in [0.2, 0.25) is 0 Å². The van der Waals surface area contributed by atoms with E-state index in [0.29, 0.717) is 5.76 Å². The fourth-order valence-electron chi connectivity index (χ4n) is 1.68. The molecule has 1 rings (SSSR count). The molecule has 0 saturated carbocycles. The molecule has 0 spiro atoms. The summed E-state index contributed by atoms with van der Waals surface area (Å²) in [6.45, 7) is 11.1. The van der Waals surface area contributed by atoms with Gasteiger partial charge < -0.3 is 4.74 Å². The van der Waals surface area contributed by atoms with E-state index < -0.39 is 5.97 Å². The van der Waals surface area contributed by atoms with Crippen LogP contribution in [0.4, 0.5) is 0 Å². The predicted molar refractivity (Wildman–Crippen MR) is 84.0 cm³/mol. The van der Waals surface area contributed by atoms with Crippen molar-refractivity contribution in [1.82, 2.24) is 0 Å². The number of carbonyl (C=O) groups is 1. The Morgan fingerprint density at radius 1 is 1.25 bits per heavy atom. The third-order valence-corrected chi connectivity index (χ3v) is 2.85. The van der Waals surface area contributed by atoms with Crippen molar-refractivity contribution >= 4 is 11.5 Å². The molecule has 0 N–H and O–H groups in total. The smallest absolute Gasteiger partial charge is 0.335 e. The molecule has 0 aromatic heterocycles. The van der Waals surface area contributed by atoms with Gasteiger partial charge in [0.15, 0.2) is 0 Å². The van der Waals surface area contributed by atoms with E-state index in [9.17, 15) is 4.79 Å². The average Bonchev–Trinajstić information content (AvgIpc) is 2.48. The quantitative estimate of drug-likeness (QED) is 0.330. The molecule has 2 nitrogen and oxygen atoms in total. The van der Waals surface area contributed by atoms with Gasteiger partial charge in [0.05, 0.1) is 0 Å². The van der Waals surface area contributed by atoms with E-state index in [-0.39, 0.29) is 0 Å². The molecule has 2 heteroatoms. The zero-order chi connectivity index (χ0) is 15.0. The number of ether oxygens (including phenoxy) is 1. The number of esters is 1. The molecule has 0 aliphatic carbocycles. The van der Waals surface area contributed by atoms with Gasteiger partial charge >= 0.3 is 5.97 Å². The van der Waals surface area contributed by atoms with Crippen molar-refractivity contribution in [3.05, 3.63) is 78.6 Å². The molecular formula is C18H20O2. The van der Waals surface area contributed by atoms with Crippen molar-refractivity contribution in [2.45, 2.75) is 20.3 Å². The van der Waals surface area contributed by atoms with Gasteiger partial charge in [-0.15, -0.1) is 0 Å². The molecule has 0 amide bonds. The van der Waals surface area contributed by atoms with E-state index in [1.165, 1.54) is 5.56 Å². The van der Waals surface area contributed by atoms with Crippen molar-refractivity contribution < 1.29 is 9.53 Å². The van der Waals surface area contributed by atoms with Crippen LogP contribution in [0, 0.1) is 0 Å². The van der Waals surface area contributed by atoms with Crippen molar-refractivity contribution in [2.24, 2.45) is 0 Å². The van der Waals surface area contributed by atoms with Crippen molar-refractivity contribution in [1.29, 1.82) is 0 Å². The third kappa shape index (κ3) is 4.73. The maximum Gasteiger partial charge on any atom is 0.335 e. The summed E-state index contributed by atoms with van der Waals surface area (Å²) in [5, 5.41) is 0. The van der Waals surface area contributed by atoms with Crippen LogP contribution in [0.5, 0.6) is 0 Å². The average molecular weight is 268 g/mol. The lowest BCUT2D eigenvalue weighted by Crippen LogP contribution is -1.97. The van der Waals surface area contributed by atoms with Gasteiger partial charge in [-0.1, -0.05) is 56.5 Å². The van der Waals surface area contributed by atoms with Gasteiger partial charge in [0.2, 0.25) is 0 Å². The van der Waals surface area contributed by atoms with Gasteiger partial charge in [0.1, 0.15) is 5.76 Å². The van der Waals surface area contributed by atoms with Crippen LogP contribution in [0.25, 0.3) is 5.57 Å². The van der Waals surface area contributed by atoms with Crippen molar-refractivity contribution in [3.8, 4) is 0 Å². The SMILES string of the molecule is C=CC(=O)OC(=C)/C=C\C(=C/C)c1ccc(CC)cc1. The van der Waals surface area contributed by atoms with E-state index in [1.807, 2.05) is 19.1 Å². The number of aryl methyl sites for hydroxylation is 1. The molecule has 0 bridgehead atoms. The lowest BCUT2D eigenvalue weighted by Gasteiger charge is -2.04. The molecule has 104 valence electrons. The highest BCUT2D eigenvalue weighted by atomic mass is 16.5. The van der Waals surface area contributed by atoms with Crippen LogP contribution < -0.4 is 0 Å². The molecule has 0 heterocycles. The second-order valence-corrected chi connectivity index (χ2v) is 4.22. The van der Waals surface area contributed by atoms with E-state index in [2.05, 4.69) is 44.3 Å². The first-order chi connectivity index (χ1) is 9.60. The highest BCUT2D eigenvalue weighted by Gasteiger charge is 1.99. The van der Waals surface area contributed by atoms with Gasteiger partial charge in [-0.05, 0) is 36.1 Å². The maximum atomic E-state index is 11.0. The Morgan fingerprint density at radius 3 is 2.40 bits per heavy atom. The minimum absolute atomic E-state index is 0.291. The second-order valence-electron chi connectivity index (χ2n) is 4.22. The molecule has 20 heavy (non-hydrogen) atoms. The minimum atomic E-state index is -0.506. The first-order valence-electron chi connectivity index (χ1n) is 6.57. The summed E-state index contributed by atoms with van der Waals surface area (Å²) < 4.78 is 4.90. The third-order valence-electron chi connectivity index (χ3n) is 2.85. The monoisotopic (exact) mass is 268 g/mol. The van der Waals surface area contributed by atoms with E-state index in [4.69, 9.17) is 4.74 Å². The van der Waals surface area contributed by atoms with Crippen LogP contribution in [-0.4, -0.2) is 5.97 Å². The second kappa shape index (κ2) is 7.95. The molecule has 0 atom stereocenters. The summed E-state index contributed by atoms with van der Waals surface area (Å²) in [6.07, 6.45) is 7.68. The minimum Gasteiger partial charge on any atom is -0.424 e. The normalized spacial score (nSPS) is 11.4. The zero-order valence-corrected chi connectivity index (χ0v) is 12.1. The molecule has 1 aromatic rings. The summed E-state index contributed by atoms with van der Waals surface area (Å²) in [7, 11) is 0. The maximum absolute atomic E-state index is 11.0. The number of benzene rings is 1. The van der Waals surface area contributed by atoms with E-state index in [1.54, 1.807) is 6.08 Å². The lowest BCUT2D eigenvalue weighted by atomic mass is 10.0. The molecule has 0 aliphatic heterocycles. The first kappa shape index (κ1) is 15.7. The Bertz CT molecular complexity index is 545. The van der Waals surface area contributed by atoms with Gasteiger partial charge in [-0.25, -0.2) is 4.79 Å². The van der Waals surface area contributed by atoms with E-state index >= 15 is 0 Å². The zero-order valence-electron chi connectivity index (χ0n) is 12.1. The molecule has 0 unspecified atom stereocenters. The van der Waals surface area contributed by atoms with Gasteiger partial charge in [0.25, 0.3) is 0 Å². The summed E-state index contributed by atoms with van der Waals surface area (Å²) in [5.41, 5.74) is 3.46. The largest absolute Gasteiger partial charge is 0.424 e. The van der Waals surface area contributed by atoms with Crippen LogP contribution >= 0.6 is 0 Å². The Kier molecular flexibility index (Phi) is 6.24. The number of allylic oxidation sites excluding steroid dienone is 4. The highest BCUT2D eigenvalue weighted by molar-refractivity contribution is 5.82. The summed E-state index contributed by atoms with van der Waals surface area (Å²) in [6, 6.07) is 8.38. The van der Waals surface area contributed by atoms with Crippen LogP contribution in [0.3, 0.4) is 0 Å². The Morgan fingerprint density at radius 2 is 1.90 bits per heavy atom. The fraction of sp³-hybridized carbons (Fsp3) is 0.167. The number of rotatable bonds is 6. The van der Waals surface area contributed by atoms with Gasteiger partial charge in [-0.3, -0.25) is 0 Å². The van der Waals surface area contributed by atoms with Crippen LogP contribution in [0.15, 0.2) is 67.5 Å². The highest BCUT2D eigenvalue weighted by Crippen LogP contribution is 2.17. The number of carbonyl (C=O) groups excluding carboxylic acids is 1. The molecular weight excluding hydrogens is 248 g/mol. The number of hydrogen-bond acceptors (Lipinski definition) is 2. The molecule has 0 radical (unpaired) electrons. The van der Waals surface area contributed by atoms with Gasteiger partial charge in [0, 0.05) is 6.08 Å². The van der Waals surface area contributed by atoms with Crippen LogP contribution in [-0.2, 0) is 16.0 Å². The number of hydrogen-bond donors (Lipinski definition) is 0. The fourth-order valence-corrected chi connectivity index (χ4v) is 1.68. The van der Waals surface area contributed by atoms with E-state index in [0.717, 1.165) is 23.6 Å². The van der Waals surface area contributed by atoms with Crippen molar-refractivity contribution in [3.63, 3.8) is 0 Å². The standard InChI is InChI=1S/C18H20O2/c1-5-15-9-12-17(13-10-15)16(6-2)11-8-14(4)20-18(19)7-3/h6-13H,3-5H2,1-2H3/b11-8-,16-6+. The lowest BCUT2D eigenvalue weighted by molar-refractivity contribution is -0.133. The van der Waals surface area contributed by atoms with Crippen molar-refractivity contribution in [2.75, 3.05) is 0 Å². The molecule has 0 aliphatic rings. The molecule has 0 saturated heterocycles. The summed E-state index contributed by atoms with van der Waals surface area (Å²) >= 11 is 0. The first-order valence-corrected chi connectivity index (χ1v) is 6.57. The molecule has 1 aromatic carbocycles. The Hall–Kier alpha value is -2.35. The summed E-state index contributed by atoms with van der Waals surface area (Å²) in [5.74, 6) is -0.214. The van der Waals surface area contributed by atoms with Crippen LogP contribution in [0.1, 0.15) is 25.0 Å². The summed E-state index contributed by atoms with van der Waals surface area (Å²) in [4.78, 5) is 11.0.